The average Bonchev–Trinajstić information content (AvgIpc) is 3.32. The molecular weight excluding hydrogens is 442 g/mol. The van der Waals surface area contributed by atoms with Gasteiger partial charge in [0.2, 0.25) is 0 Å². The van der Waals surface area contributed by atoms with Gasteiger partial charge in [-0.05, 0) is 5.56 Å². The lowest BCUT2D eigenvalue weighted by Crippen LogP contribution is -2.42. The molecule has 2 aromatic heterocycles. The third-order valence-corrected chi connectivity index (χ3v) is 5.72. The van der Waals surface area contributed by atoms with E-state index < -0.39 is 40.8 Å². The quantitative estimate of drug-likeness (QED) is 0.225. The van der Waals surface area contributed by atoms with Gasteiger partial charge >= 0.3 is 0 Å². The van der Waals surface area contributed by atoms with Gasteiger partial charge in [-0.25, -0.2) is 20.1 Å². The van der Waals surface area contributed by atoms with Crippen molar-refractivity contribution in [2.24, 2.45) is 5.14 Å². The van der Waals surface area contributed by atoms with Crippen molar-refractivity contribution in [1.82, 2.24) is 24.2 Å². The van der Waals surface area contributed by atoms with Gasteiger partial charge in [0, 0.05) is 6.54 Å². The molecule has 3 aromatic rings. The van der Waals surface area contributed by atoms with Crippen LogP contribution >= 0.6 is 0 Å². The van der Waals surface area contributed by atoms with Crippen LogP contribution in [0.4, 0.5) is 5.82 Å². The summed E-state index contributed by atoms with van der Waals surface area (Å²) in [7, 11) is -3.99. The fraction of sp³-hybridized carbons (Fsp3) is 0.389. The number of nitrogens with two attached hydrogens (primary N) is 1. The number of ether oxygens (including phenoxy) is 1. The number of anilines is 1. The minimum atomic E-state index is -3.99. The highest BCUT2D eigenvalue weighted by molar-refractivity contribution is 7.87. The number of hydrogen-bond donors (Lipinski definition) is 6. The summed E-state index contributed by atoms with van der Waals surface area (Å²) >= 11 is 0. The lowest BCUT2D eigenvalue weighted by molar-refractivity contribution is -0.0330. The number of rotatable bonds is 8. The van der Waals surface area contributed by atoms with Gasteiger partial charge in [-0.3, -0.25) is 4.57 Å². The van der Waals surface area contributed by atoms with Crippen LogP contribution < -0.4 is 15.2 Å². The van der Waals surface area contributed by atoms with Crippen molar-refractivity contribution in [1.29, 1.82) is 0 Å². The van der Waals surface area contributed by atoms with E-state index in [4.69, 9.17) is 9.88 Å². The SMILES string of the molecule is NS(=O)(=O)NC[C@H]1O[C@@H](n2cnc3c(N[C@H](CO)c4ccccc4)ncnc32)[C@H](O)[C@@H]1O. The van der Waals surface area contributed by atoms with Crippen molar-refractivity contribution >= 4 is 27.2 Å². The highest BCUT2D eigenvalue weighted by atomic mass is 32.2. The Kier molecular flexibility index (Phi) is 6.34. The van der Waals surface area contributed by atoms with Gasteiger partial charge in [0.25, 0.3) is 10.2 Å². The van der Waals surface area contributed by atoms with Gasteiger partial charge in [-0.1, -0.05) is 30.3 Å². The van der Waals surface area contributed by atoms with E-state index in [0.29, 0.717) is 17.0 Å². The van der Waals surface area contributed by atoms with Crippen LogP contribution in [-0.4, -0.2) is 74.7 Å². The molecule has 0 unspecified atom stereocenters. The van der Waals surface area contributed by atoms with Gasteiger partial charge < -0.3 is 25.4 Å². The number of aromatic nitrogens is 4. The summed E-state index contributed by atoms with van der Waals surface area (Å²) in [4.78, 5) is 12.7. The first-order chi connectivity index (χ1) is 15.3. The van der Waals surface area contributed by atoms with Gasteiger partial charge in [-0.2, -0.15) is 13.1 Å². The van der Waals surface area contributed by atoms with E-state index in [1.165, 1.54) is 17.2 Å². The van der Waals surface area contributed by atoms with Gasteiger partial charge in [0.05, 0.1) is 19.0 Å². The summed E-state index contributed by atoms with van der Waals surface area (Å²) < 4.78 is 31.4. The molecule has 1 saturated heterocycles. The Hall–Kier alpha value is -2.72. The maximum Gasteiger partial charge on any atom is 0.274 e. The maximum absolute atomic E-state index is 11.1. The molecule has 0 radical (unpaired) electrons. The van der Waals surface area contributed by atoms with Crippen LogP contribution in [0, 0.1) is 0 Å². The van der Waals surface area contributed by atoms with E-state index in [0.717, 1.165) is 5.56 Å². The first-order valence-electron chi connectivity index (χ1n) is 9.67. The Bertz CT molecular complexity index is 1180. The highest BCUT2D eigenvalue weighted by Crippen LogP contribution is 2.32. The molecule has 4 rings (SSSR count). The standard InChI is InChI=1S/C18H23N7O6S/c19-32(29,30)23-6-12-14(27)15(28)18(31-12)25-9-22-13-16(20-8-21-17(13)25)24-11(7-26)10-4-2-1-3-5-10/h1-5,8-9,11-12,14-15,18,23,26-28H,6-7H2,(H2,19,29,30)(H,20,21,24)/t11-,12-,14-,15-,18-/m1/s1. The van der Waals surface area contributed by atoms with Crippen molar-refractivity contribution in [2.45, 2.75) is 30.6 Å². The molecule has 172 valence electrons. The van der Waals surface area contributed by atoms with Crippen LogP contribution in [0.25, 0.3) is 11.2 Å². The third-order valence-electron chi connectivity index (χ3n) is 5.15. The Morgan fingerprint density at radius 3 is 2.59 bits per heavy atom. The summed E-state index contributed by atoms with van der Waals surface area (Å²) in [5.41, 5.74) is 1.52. The smallest absolute Gasteiger partial charge is 0.274 e. The minimum absolute atomic E-state index is 0.189. The van der Waals surface area contributed by atoms with Gasteiger partial charge in [-0.15, -0.1) is 0 Å². The van der Waals surface area contributed by atoms with Crippen LogP contribution in [0.1, 0.15) is 17.8 Å². The number of benzene rings is 1. The number of hydrogen-bond acceptors (Lipinski definition) is 10. The maximum atomic E-state index is 11.1. The van der Waals surface area contributed by atoms with Crippen LogP contribution in [-0.2, 0) is 14.9 Å². The molecule has 14 heteroatoms. The molecule has 0 saturated carbocycles. The Morgan fingerprint density at radius 2 is 1.91 bits per heavy atom. The summed E-state index contributed by atoms with van der Waals surface area (Å²) in [6, 6.07) is 8.87. The first kappa shape index (κ1) is 22.5. The Morgan fingerprint density at radius 1 is 1.16 bits per heavy atom. The molecule has 7 N–H and O–H groups in total. The molecule has 1 aromatic carbocycles. The number of aliphatic hydroxyl groups is 3. The molecule has 5 atom stereocenters. The zero-order valence-corrected chi connectivity index (χ0v) is 17.5. The Balaban J connectivity index is 1.59. The number of nitrogens with zero attached hydrogens (tertiary/aromatic N) is 4. The molecule has 1 aliphatic rings. The average molecular weight is 465 g/mol. The lowest BCUT2D eigenvalue weighted by atomic mass is 10.1. The molecule has 0 bridgehead atoms. The number of aliphatic hydroxyl groups excluding tert-OH is 3. The van der Waals surface area contributed by atoms with E-state index in [9.17, 15) is 23.7 Å². The number of imidazole rings is 1. The van der Waals surface area contributed by atoms with Crippen LogP contribution in [0.2, 0.25) is 0 Å². The molecule has 0 aliphatic carbocycles. The topological polar surface area (TPSA) is 198 Å². The summed E-state index contributed by atoms with van der Waals surface area (Å²) in [5.74, 6) is 0.358. The molecule has 1 aliphatic heterocycles. The molecular formula is C18H23N7O6S. The zero-order valence-electron chi connectivity index (χ0n) is 16.7. The van der Waals surface area contributed by atoms with Crippen LogP contribution in [0.3, 0.4) is 0 Å². The van der Waals surface area contributed by atoms with E-state index in [1.54, 1.807) is 0 Å². The van der Waals surface area contributed by atoms with E-state index in [-0.39, 0.29) is 13.2 Å². The molecule has 0 amide bonds. The largest absolute Gasteiger partial charge is 0.394 e. The first-order valence-corrected chi connectivity index (χ1v) is 11.2. The highest BCUT2D eigenvalue weighted by Gasteiger charge is 2.44. The predicted molar refractivity (Wildman–Crippen MR) is 112 cm³/mol. The van der Waals surface area contributed by atoms with Crippen LogP contribution in [0.15, 0.2) is 43.0 Å². The fourth-order valence-corrected chi connectivity index (χ4v) is 3.95. The third kappa shape index (κ3) is 4.56. The zero-order chi connectivity index (χ0) is 22.9. The summed E-state index contributed by atoms with van der Waals surface area (Å²) in [5, 5.41) is 38.6. The van der Waals surface area contributed by atoms with Crippen molar-refractivity contribution < 1.29 is 28.5 Å². The number of nitrogens with one attached hydrogen (secondary N) is 2. The van der Waals surface area contributed by atoms with Crippen LogP contribution in [0.5, 0.6) is 0 Å². The summed E-state index contributed by atoms with van der Waals surface area (Å²) in [6.45, 7) is -0.511. The molecule has 3 heterocycles. The van der Waals surface area contributed by atoms with Gasteiger partial charge in [0.15, 0.2) is 23.2 Å². The van der Waals surface area contributed by atoms with Crippen molar-refractivity contribution in [3.8, 4) is 0 Å². The molecule has 32 heavy (non-hydrogen) atoms. The van der Waals surface area contributed by atoms with E-state index in [2.05, 4.69) is 20.3 Å². The second-order valence-corrected chi connectivity index (χ2v) is 8.65. The van der Waals surface area contributed by atoms with Crippen molar-refractivity contribution in [3.05, 3.63) is 48.5 Å². The normalized spacial score (nSPS) is 24.6. The lowest BCUT2D eigenvalue weighted by Gasteiger charge is -2.18. The van der Waals surface area contributed by atoms with Crippen molar-refractivity contribution in [2.75, 3.05) is 18.5 Å². The minimum Gasteiger partial charge on any atom is -0.394 e. The molecule has 13 nitrogen and oxygen atoms in total. The van der Waals surface area contributed by atoms with E-state index >= 15 is 0 Å². The fourth-order valence-electron chi connectivity index (χ4n) is 3.55. The molecule has 0 spiro atoms. The second-order valence-electron chi connectivity index (χ2n) is 7.28. The van der Waals surface area contributed by atoms with Crippen molar-refractivity contribution in [3.63, 3.8) is 0 Å². The second kappa shape index (κ2) is 9.03. The van der Waals surface area contributed by atoms with E-state index in [1.807, 2.05) is 35.1 Å². The van der Waals surface area contributed by atoms with Gasteiger partial charge in [0.1, 0.15) is 24.6 Å². The number of fused-ring (bicyclic) bond motifs is 1. The monoisotopic (exact) mass is 465 g/mol. The predicted octanol–water partition coefficient (Wildman–Crippen LogP) is -1.62. The Labute approximate surface area is 183 Å². The molecule has 1 fully saturated rings. The summed E-state index contributed by atoms with van der Waals surface area (Å²) in [6.07, 6.45) is -2.20.